The van der Waals surface area contributed by atoms with Crippen LogP contribution >= 0.6 is 0 Å². The van der Waals surface area contributed by atoms with E-state index < -0.39 is 0 Å². The third-order valence-electron chi connectivity index (χ3n) is 4.18. The van der Waals surface area contributed by atoms with Gasteiger partial charge in [0, 0.05) is 31.7 Å². The maximum absolute atomic E-state index is 9.89. The second-order valence-corrected chi connectivity index (χ2v) is 7.56. The van der Waals surface area contributed by atoms with Crippen molar-refractivity contribution in [2.75, 3.05) is 19.6 Å². The highest BCUT2D eigenvalue weighted by atomic mass is 16.3. The lowest BCUT2D eigenvalue weighted by Crippen LogP contribution is -2.53. The lowest BCUT2D eigenvalue weighted by Gasteiger charge is -2.40. The number of aliphatic hydroxyl groups excluding tert-OH is 1. The van der Waals surface area contributed by atoms with E-state index in [2.05, 4.69) is 31.0 Å². The maximum atomic E-state index is 9.89. The molecule has 0 bridgehead atoms. The van der Waals surface area contributed by atoms with Gasteiger partial charge in [0.05, 0.1) is 6.10 Å². The second kappa shape index (κ2) is 5.48. The first-order valence-electron chi connectivity index (χ1n) is 7.50. The number of piperidine rings is 1. The van der Waals surface area contributed by atoms with Crippen molar-refractivity contribution in [3.05, 3.63) is 0 Å². The predicted molar refractivity (Wildman–Crippen MR) is 75.6 cm³/mol. The number of nitrogens with one attached hydrogen (secondary N) is 1. The molecule has 2 aliphatic rings. The molecule has 3 atom stereocenters. The molecule has 0 amide bonds. The van der Waals surface area contributed by atoms with Crippen molar-refractivity contribution < 1.29 is 5.11 Å². The number of hydrogen-bond acceptors (Lipinski definition) is 3. The van der Waals surface area contributed by atoms with Crippen LogP contribution in [0.25, 0.3) is 0 Å². The van der Waals surface area contributed by atoms with Crippen molar-refractivity contribution in [3.8, 4) is 0 Å². The Labute approximate surface area is 112 Å². The first-order chi connectivity index (χ1) is 8.35. The molecule has 0 aromatic carbocycles. The van der Waals surface area contributed by atoms with E-state index in [1.807, 2.05) is 6.92 Å². The SMILES string of the molecule is CC(O)C1CC(NCC(C)(C)C)CN(C2CC2)C1. The van der Waals surface area contributed by atoms with Gasteiger partial charge in [-0.05, 0) is 37.5 Å². The number of aliphatic hydroxyl groups is 1. The molecule has 1 heterocycles. The molecule has 2 N–H and O–H groups in total. The van der Waals surface area contributed by atoms with E-state index in [0.717, 1.165) is 25.6 Å². The standard InChI is InChI=1S/C15H30N2O/c1-11(18)12-7-13(16-10-15(2,3)4)9-17(8-12)14-5-6-14/h11-14,16,18H,5-10H2,1-4H3. The molecule has 1 saturated heterocycles. The Morgan fingerprint density at radius 2 is 1.94 bits per heavy atom. The highest BCUT2D eigenvalue weighted by Crippen LogP contribution is 2.32. The molecule has 2 fully saturated rings. The highest BCUT2D eigenvalue weighted by Gasteiger charge is 2.37. The first kappa shape index (κ1) is 14.3. The van der Waals surface area contributed by atoms with E-state index in [9.17, 15) is 5.11 Å². The Kier molecular flexibility index (Phi) is 4.35. The van der Waals surface area contributed by atoms with Gasteiger partial charge in [-0.2, -0.15) is 0 Å². The van der Waals surface area contributed by atoms with Crippen LogP contribution in [-0.4, -0.2) is 47.8 Å². The van der Waals surface area contributed by atoms with E-state index in [1.165, 1.54) is 19.4 Å². The Morgan fingerprint density at radius 1 is 1.28 bits per heavy atom. The molecule has 3 unspecified atom stereocenters. The summed E-state index contributed by atoms with van der Waals surface area (Å²) in [6.45, 7) is 12.1. The van der Waals surface area contributed by atoms with E-state index in [1.54, 1.807) is 0 Å². The van der Waals surface area contributed by atoms with Crippen LogP contribution in [0, 0.1) is 11.3 Å². The van der Waals surface area contributed by atoms with Crippen molar-refractivity contribution >= 4 is 0 Å². The summed E-state index contributed by atoms with van der Waals surface area (Å²) in [7, 11) is 0. The molecule has 106 valence electrons. The zero-order valence-corrected chi connectivity index (χ0v) is 12.4. The normalized spacial score (nSPS) is 32.5. The smallest absolute Gasteiger partial charge is 0.0553 e. The molecule has 0 aromatic rings. The number of rotatable bonds is 4. The minimum absolute atomic E-state index is 0.175. The highest BCUT2D eigenvalue weighted by molar-refractivity contribution is 4.93. The first-order valence-corrected chi connectivity index (χ1v) is 7.50. The van der Waals surface area contributed by atoms with Crippen molar-refractivity contribution in [3.63, 3.8) is 0 Å². The summed E-state index contributed by atoms with van der Waals surface area (Å²) in [4.78, 5) is 2.60. The fourth-order valence-electron chi connectivity index (χ4n) is 2.86. The van der Waals surface area contributed by atoms with Crippen LogP contribution in [0.15, 0.2) is 0 Å². The van der Waals surface area contributed by atoms with Gasteiger partial charge >= 0.3 is 0 Å². The largest absolute Gasteiger partial charge is 0.393 e. The molecule has 1 aliphatic heterocycles. The van der Waals surface area contributed by atoms with Gasteiger partial charge in [-0.1, -0.05) is 20.8 Å². The van der Waals surface area contributed by atoms with Crippen molar-refractivity contribution in [1.82, 2.24) is 10.2 Å². The summed E-state index contributed by atoms with van der Waals surface area (Å²) < 4.78 is 0. The van der Waals surface area contributed by atoms with Crippen LogP contribution in [-0.2, 0) is 0 Å². The average Bonchev–Trinajstić information content (AvgIpc) is 3.08. The molecule has 0 aromatic heterocycles. The summed E-state index contributed by atoms with van der Waals surface area (Å²) in [6, 6.07) is 1.36. The summed E-state index contributed by atoms with van der Waals surface area (Å²) in [5.74, 6) is 0.441. The minimum Gasteiger partial charge on any atom is -0.393 e. The van der Waals surface area contributed by atoms with Crippen molar-refractivity contribution in [1.29, 1.82) is 0 Å². The van der Waals surface area contributed by atoms with Crippen molar-refractivity contribution in [2.24, 2.45) is 11.3 Å². The summed E-state index contributed by atoms with van der Waals surface area (Å²) in [5.41, 5.74) is 0.336. The molecule has 0 radical (unpaired) electrons. The molecule has 3 nitrogen and oxygen atoms in total. The third-order valence-corrected chi connectivity index (χ3v) is 4.18. The van der Waals surface area contributed by atoms with E-state index >= 15 is 0 Å². The fourth-order valence-corrected chi connectivity index (χ4v) is 2.86. The summed E-state index contributed by atoms with van der Waals surface area (Å²) >= 11 is 0. The van der Waals surface area contributed by atoms with Crippen LogP contribution < -0.4 is 5.32 Å². The van der Waals surface area contributed by atoms with Crippen LogP contribution in [0.2, 0.25) is 0 Å². The van der Waals surface area contributed by atoms with Crippen LogP contribution in [0.3, 0.4) is 0 Å². The van der Waals surface area contributed by atoms with Crippen molar-refractivity contribution in [2.45, 2.75) is 65.1 Å². The van der Waals surface area contributed by atoms with E-state index in [-0.39, 0.29) is 6.10 Å². The van der Waals surface area contributed by atoms with E-state index in [0.29, 0.717) is 17.4 Å². The van der Waals surface area contributed by atoms with Gasteiger partial charge in [-0.25, -0.2) is 0 Å². The van der Waals surface area contributed by atoms with Gasteiger partial charge in [-0.15, -0.1) is 0 Å². The lowest BCUT2D eigenvalue weighted by atomic mass is 9.89. The summed E-state index contributed by atoms with van der Waals surface area (Å²) in [5, 5.41) is 13.6. The zero-order valence-electron chi connectivity index (χ0n) is 12.4. The topological polar surface area (TPSA) is 35.5 Å². The number of nitrogens with zero attached hydrogens (tertiary/aromatic N) is 1. The zero-order chi connectivity index (χ0) is 13.3. The van der Waals surface area contributed by atoms with Gasteiger partial charge < -0.3 is 10.4 Å². The van der Waals surface area contributed by atoms with E-state index in [4.69, 9.17) is 0 Å². The van der Waals surface area contributed by atoms with Gasteiger partial charge in [0.25, 0.3) is 0 Å². The minimum atomic E-state index is -0.175. The number of likely N-dealkylation sites (tertiary alicyclic amines) is 1. The lowest BCUT2D eigenvalue weighted by molar-refractivity contribution is 0.0431. The molecule has 18 heavy (non-hydrogen) atoms. The van der Waals surface area contributed by atoms with Gasteiger partial charge in [0.1, 0.15) is 0 Å². The Balaban J connectivity index is 1.88. The Hall–Kier alpha value is -0.120. The molecular weight excluding hydrogens is 224 g/mol. The fraction of sp³-hybridized carbons (Fsp3) is 1.00. The third kappa shape index (κ3) is 4.22. The molecule has 2 rings (SSSR count). The molecule has 0 spiro atoms. The quantitative estimate of drug-likeness (QED) is 0.804. The molecule has 1 aliphatic carbocycles. The average molecular weight is 254 g/mol. The van der Waals surface area contributed by atoms with Gasteiger partial charge in [0.2, 0.25) is 0 Å². The Bertz CT molecular complexity index is 258. The van der Waals surface area contributed by atoms with Crippen LogP contribution in [0.1, 0.15) is 47.0 Å². The molecule has 3 heteroatoms. The van der Waals surface area contributed by atoms with Gasteiger partial charge in [0.15, 0.2) is 0 Å². The maximum Gasteiger partial charge on any atom is 0.0553 e. The van der Waals surface area contributed by atoms with Gasteiger partial charge in [-0.3, -0.25) is 4.90 Å². The van der Waals surface area contributed by atoms with Crippen LogP contribution in [0.4, 0.5) is 0 Å². The second-order valence-electron chi connectivity index (χ2n) is 7.56. The predicted octanol–water partition coefficient (Wildman–Crippen LogP) is 1.86. The number of hydrogen-bond donors (Lipinski definition) is 2. The molecular formula is C15H30N2O. The monoisotopic (exact) mass is 254 g/mol. The summed E-state index contributed by atoms with van der Waals surface area (Å²) in [6.07, 6.45) is 3.67. The van der Waals surface area contributed by atoms with Crippen LogP contribution in [0.5, 0.6) is 0 Å². The Morgan fingerprint density at radius 3 is 2.44 bits per heavy atom. The molecule has 1 saturated carbocycles.